The highest BCUT2D eigenvalue weighted by atomic mass is 32.2. The zero-order valence-corrected chi connectivity index (χ0v) is 16.4. The molecule has 0 aromatic heterocycles. The molecular weight excluding hydrogens is 346 g/mol. The number of nitrogens with two attached hydrogens (primary N) is 1. The zero-order valence-electron chi connectivity index (χ0n) is 15.6. The van der Waals surface area contributed by atoms with Gasteiger partial charge in [0.05, 0.1) is 12.3 Å². The molecule has 3 N–H and O–H groups in total. The topological polar surface area (TPSA) is 84.5 Å². The van der Waals surface area contributed by atoms with E-state index in [4.69, 9.17) is 5.73 Å². The molecule has 0 aliphatic heterocycles. The lowest BCUT2D eigenvalue weighted by Gasteiger charge is -2.11. The number of nitrogens with one attached hydrogen (secondary N) is 1. The summed E-state index contributed by atoms with van der Waals surface area (Å²) in [5.74, 6) is 0.834. The Labute approximate surface area is 156 Å². The van der Waals surface area contributed by atoms with E-state index in [0.29, 0.717) is 18.4 Å². The summed E-state index contributed by atoms with van der Waals surface area (Å²) in [6.07, 6.45) is 2.33. The molecule has 2 aromatic rings. The van der Waals surface area contributed by atoms with E-state index in [-0.39, 0.29) is 5.75 Å². The second-order valence-electron chi connectivity index (χ2n) is 6.60. The third kappa shape index (κ3) is 6.19. The van der Waals surface area contributed by atoms with Crippen molar-refractivity contribution >= 4 is 21.5 Å². The zero-order chi connectivity index (χ0) is 19.2. The minimum atomic E-state index is -3.10. The summed E-state index contributed by atoms with van der Waals surface area (Å²) in [5.41, 5.74) is 9.76. The monoisotopic (exact) mass is 373 g/mol. The molecule has 0 saturated heterocycles. The Kier molecular flexibility index (Phi) is 6.80. The average molecular weight is 374 g/mol. The van der Waals surface area contributed by atoms with Gasteiger partial charge < -0.3 is 11.1 Å². The van der Waals surface area contributed by atoms with Gasteiger partial charge >= 0.3 is 0 Å². The van der Waals surface area contributed by atoms with E-state index < -0.39 is 9.84 Å². The first-order valence-corrected chi connectivity index (χ1v) is 10.8. The molecule has 0 radical (unpaired) electrons. The van der Waals surface area contributed by atoms with Gasteiger partial charge in [-0.15, -0.1) is 0 Å². The summed E-state index contributed by atoms with van der Waals surface area (Å²) in [6, 6.07) is 15.5. The van der Waals surface area contributed by atoms with Crippen LogP contribution in [-0.4, -0.2) is 20.6 Å². The Morgan fingerprint density at radius 1 is 1.12 bits per heavy atom. The first-order chi connectivity index (χ1) is 12.3. The highest BCUT2D eigenvalue weighted by molar-refractivity contribution is 7.89. The number of hydrogen-bond acceptors (Lipinski definition) is 3. The Morgan fingerprint density at radius 2 is 1.73 bits per heavy atom. The van der Waals surface area contributed by atoms with Crippen LogP contribution in [0.5, 0.6) is 0 Å². The number of hydrogen-bond donors (Lipinski definition) is 2. The quantitative estimate of drug-likeness (QED) is 0.573. The second-order valence-corrected chi connectivity index (χ2v) is 8.74. The number of anilines is 1. The van der Waals surface area contributed by atoms with Crippen LogP contribution in [0.25, 0.3) is 0 Å². The van der Waals surface area contributed by atoms with Crippen molar-refractivity contribution in [1.82, 2.24) is 0 Å². The lowest BCUT2D eigenvalue weighted by Crippen LogP contribution is -2.22. The van der Waals surface area contributed by atoms with E-state index in [1.807, 2.05) is 36.4 Å². The first-order valence-electron chi connectivity index (χ1n) is 8.70. The summed E-state index contributed by atoms with van der Waals surface area (Å²) in [7, 11) is -3.10. The van der Waals surface area contributed by atoms with Crippen LogP contribution < -0.4 is 11.1 Å². The molecular formula is C20H27N3O2S. The molecule has 0 aliphatic rings. The van der Waals surface area contributed by atoms with Crippen LogP contribution in [0, 0.1) is 0 Å². The molecule has 0 aliphatic carbocycles. The number of guanidine groups is 1. The molecule has 0 amide bonds. The fraction of sp³-hybridized carbons (Fsp3) is 0.350. The van der Waals surface area contributed by atoms with E-state index >= 15 is 0 Å². The standard InChI is InChI=1S/C20H27N3O2S/c1-4-15(2)16-9-11-19(12-10-16)23-20(21)22-13-17-7-5-6-8-18(17)14-26(3,24)25/h5-12,15H,4,13-14H2,1-3H3,(H3,21,22,23). The molecule has 0 saturated carbocycles. The Hall–Kier alpha value is -2.34. The number of benzene rings is 2. The van der Waals surface area contributed by atoms with Crippen molar-refractivity contribution in [2.24, 2.45) is 10.7 Å². The maximum absolute atomic E-state index is 11.6. The van der Waals surface area contributed by atoms with Crippen LogP contribution in [-0.2, 0) is 22.1 Å². The van der Waals surface area contributed by atoms with E-state index in [1.54, 1.807) is 0 Å². The van der Waals surface area contributed by atoms with Gasteiger partial charge in [-0.2, -0.15) is 0 Å². The van der Waals surface area contributed by atoms with Crippen molar-refractivity contribution < 1.29 is 8.42 Å². The van der Waals surface area contributed by atoms with Crippen molar-refractivity contribution in [2.45, 2.75) is 38.5 Å². The smallest absolute Gasteiger partial charge is 0.193 e. The van der Waals surface area contributed by atoms with Gasteiger partial charge in [-0.1, -0.05) is 50.2 Å². The van der Waals surface area contributed by atoms with Gasteiger partial charge in [0.2, 0.25) is 0 Å². The van der Waals surface area contributed by atoms with E-state index in [1.165, 1.54) is 11.8 Å². The van der Waals surface area contributed by atoms with Crippen LogP contribution in [0.15, 0.2) is 53.5 Å². The minimum absolute atomic E-state index is 0.00308. The first kappa shape index (κ1) is 20.0. The van der Waals surface area contributed by atoms with Crippen LogP contribution in [0.2, 0.25) is 0 Å². The van der Waals surface area contributed by atoms with Gasteiger partial charge in [0.15, 0.2) is 15.8 Å². The van der Waals surface area contributed by atoms with Crippen molar-refractivity contribution in [3.8, 4) is 0 Å². The predicted octanol–water partition coefficient (Wildman–Crippen LogP) is 3.67. The summed E-state index contributed by atoms with van der Waals surface area (Å²) >= 11 is 0. The van der Waals surface area contributed by atoms with Crippen molar-refractivity contribution in [1.29, 1.82) is 0 Å². The van der Waals surface area contributed by atoms with Gasteiger partial charge in [-0.05, 0) is 41.2 Å². The Morgan fingerprint density at radius 3 is 2.31 bits per heavy atom. The van der Waals surface area contributed by atoms with Crippen molar-refractivity contribution in [3.05, 3.63) is 65.2 Å². The summed E-state index contributed by atoms with van der Waals surface area (Å²) < 4.78 is 23.1. The van der Waals surface area contributed by atoms with Crippen LogP contribution >= 0.6 is 0 Å². The highest BCUT2D eigenvalue weighted by Crippen LogP contribution is 2.20. The molecule has 6 heteroatoms. The Balaban J connectivity index is 2.05. The number of nitrogens with zero attached hydrogens (tertiary/aromatic N) is 1. The molecule has 0 heterocycles. The predicted molar refractivity (Wildman–Crippen MR) is 109 cm³/mol. The SMILES string of the molecule is CCC(C)c1ccc(NC(N)=NCc2ccccc2CS(C)(=O)=O)cc1. The average Bonchev–Trinajstić information content (AvgIpc) is 2.59. The van der Waals surface area contributed by atoms with E-state index in [0.717, 1.165) is 23.2 Å². The second kappa shape index (κ2) is 8.85. The van der Waals surface area contributed by atoms with Gasteiger partial charge in [0.1, 0.15) is 0 Å². The number of sulfone groups is 1. The Bertz CT molecular complexity index is 859. The molecule has 140 valence electrons. The molecule has 1 atom stereocenters. The lowest BCUT2D eigenvalue weighted by atomic mass is 9.99. The fourth-order valence-electron chi connectivity index (χ4n) is 2.62. The fourth-order valence-corrected chi connectivity index (χ4v) is 3.47. The van der Waals surface area contributed by atoms with Crippen LogP contribution in [0.3, 0.4) is 0 Å². The number of rotatable bonds is 7. The normalized spacial score (nSPS) is 13.4. The van der Waals surface area contributed by atoms with Crippen LogP contribution in [0.4, 0.5) is 5.69 Å². The largest absolute Gasteiger partial charge is 0.370 e. The van der Waals surface area contributed by atoms with Gasteiger partial charge in [-0.25, -0.2) is 13.4 Å². The van der Waals surface area contributed by atoms with Crippen LogP contribution in [0.1, 0.15) is 42.9 Å². The molecule has 26 heavy (non-hydrogen) atoms. The maximum Gasteiger partial charge on any atom is 0.193 e. The molecule has 5 nitrogen and oxygen atoms in total. The highest BCUT2D eigenvalue weighted by Gasteiger charge is 2.09. The number of aliphatic imine (C=N–C) groups is 1. The van der Waals surface area contributed by atoms with Crippen molar-refractivity contribution in [2.75, 3.05) is 11.6 Å². The molecule has 0 spiro atoms. The third-order valence-electron chi connectivity index (χ3n) is 4.32. The third-order valence-corrected chi connectivity index (χ3v) is 5.16. The maximum atomic E-state index is 11.6. The summed E-state index contributed by atoms with van der Waals surface area (Å²) in [6.45, 7) is 4.70. The summed E-state index contributed by atoms with van der Waals surface area (Å²) in [5, 5.41) is 3.07. The van der Waals surface area contributed by atoms with Gasteiger partial charge in [0, 0.05) is 11.9 Å². The molecule has 2 aromatic carbocycles. The molecule has 2 rings (SSSR count). The molecule has 1 unspecified atom stereocenters. The van der Waals surface area contributed by atoms with E-state index in [2.05, 4.69) is 36.3 Å². The van der Waals surface area contributed by atoms with Gasteiger partial charge in [-0.3, -0.25) is 0 Å². The lowest BCUT2D eigenvalue weighted by molar-refractivity contribution is 0.601. The summed E-state index contributed by atoms with van der Waals surface area (Å²) in [4.78, 5) is 4.34. The van der Waals surface area contributed by atoms with Crippen molar-refractivity contribution in [3.63, 3.8) is 0 Å². The molecule has 0 bridgehead atoms. The minimum Gasteiger partial charge on any atom is -0.370 e. The molecule has 0 fully saturated rings. The van der Waals surface area contributed by atoms with Gasteiger partial charge in [0.25, 0.3) is 0 Å². The van der Waals surface area contributed by atoms with E-state index in [9.17, 15) is 8.42 Å².